The SMILES string of the molecule is CNC(=O)CNC1CCN(c2ccccn2)CC1. The number of anilines is 1. The highest BCUT2D eigenvalue weighted by molar-refractivity contribution is 5.77. The van der Waals surface area contributed by atoms with Gasteiger partial charge in [0.1, 0.15) is 5.82 Å². The molecule has 0 aromatic carbocycles. The van der Waals surface area contributed by atoms with Crippen LogP contribution in [0, 0.1) is 0 Å². The average molecular weight is 248 g/mol. The minimum absolute atomic E-state index is 0.0437. The summed E-state index contributed by atoms with van der Waals surface area (Å²) in [5.41, 5.74) is 0. The van der Waals surface area contributed by atoms with Crippen LogP contribution in [-0.2, 0) is 4.79 Å². The standard InChI is InChI=1S/C13H20N4O/c1-14-13(18)10-16-11-5-8-17(9-6-11)12-4-2-3-7-15-12/h2-4,7,11,16H,5-6,8-10H2,1H3,(H,14,18). The number of nitrogens with zero attached hydrogens (tertiary/aromatic N) is 2. The molecule has 2 rings (SSSR count). The number of rotatable bonds is 4. The second kappa shape index (κ2) is 6.35. The first-order valence-electron chi connectivity index (χ1n) is 6.39. The van der Waals surface area contributed by atoms with Crippen LogP contribution in [0.5, 0.6) is 0 Å². The quantitative estimate of drug-likeness (QED) is 0.809. The Hall–Kier alpha value is -1.62. The van der Waals surface area contributed by atoms with Crippen LogP contribution in [0.4, 0.5) is 5.82 Å². The van der Waals surface area contributed by atoms with Crippen molar-refractivity contribution in [2.45, 2.75) is 18.9 Å². The molecule has 1 amide bonds. The molecule has 0 unspecified atom stereocenters. The number of carbonyl (C=O) groups is 1. The zero-order valence-electron chi connectivity index (χ0n) is 10.7. The normalized spacial score (nSPS) is 16.6. The lowest BCUT2D eigenvalue weighted by molar-refractivity contribution is -0.119. The fourth-order valence-electron chi connectivity index (χ4n) is 2.18. The summed E-state index contributed by atoms with van der Waals surface area (Å²) in [5.74, 6) is 1.09. The van der Waals surface area contributed by atoms with Crippen molar-refractivity contribution >= 4 is 11.7 Å². The van der Waals surface area contributed by atoms with Gasteiger partial charge in [-0.3, -0.25) is 4.79 Å². The molecule has 5 nitrogen and oxygen atoms in total. The second-order valence-corrected chi connectivity index (χ2v) is 4.50. The molecular weight excluding hydrogens is 228 g/mol. The first-order valence-corrected chi connectivity index (χ1v) is 6.39. The van der Waals surface area contributed by atoms with E-state index >= 15 is 0 Å². The fourth-order valence-corrected chi connectivity index (χ4v) is 2.18. The van der Waals surface area contributed by atoms with Gasteiger partial charge in [-0.15, -0.1) is 0 Å². The van der Waals surface area contributed by atoms with Gasteiger partial charge in [0, 0.05) is 32.4 Å². The maximum Gasteiger partial charge on any atom is 0.233 e. The van der Waals surface area contributed by atoms with Gasteiger partial charge in [-0.25, -0.2) is 4.98 Å². The van der Waals surface area contributed by atoms with Crippen LogP contribution < -0.4 is 15.5 Å². The predicted octanol–water partition coefficient (Wildman–Crippen LogP) is 0.386. The highest BCUT2D eigenvalue weighted by Gasteiger charge is 2.19. The Bertz CT molecular complexity index is 374. The Labute approximate surface area is 108 Å². The average Bonchev–Trinajstić information content (AvgIpc) is 2.46. The van der Waals surface area contributed by atoms with Crippen LogP contribution in [0.3, 0.4) is 0 Å². The molecule has 5 heteroatoms. The van der Waals surface area contributed by atoms with Crippen molar-refractivity contribution in [2.75, 3.05) is 31.6 Å². The van der Waals surface area contributed by atoms with E-state index in [2.05, 4.69) is 20.5 Å². The number of nitrogens with one attached hydrogen (secondary N) is 2. The van der Waals surface area contributed by atoms with Gasteiger partial charge in [0.15, 0.2) is 0 Å². The Balaban J connectivity index is 1.76. The van der Waals surface area contributed by atoms with Crippen LogP contribution in [0.1, 0.15) is 12.8 Å². The van der Waals surface area contributed by atoms with Crippen molar-refractivity contribution < 1.29 is 4.79 Å². The van der Waals surface area contributed by atoms with Crippen molar-refractivity contribution in [3.63, 3.8) is 0 Å². The summed E-state index contributed by atoms with van der Waals surface area (Å²) in [6.45, 7) is 2.38. The monoisotopic (exact) mass is 248 g/mol. The number of pyridine rings is 1. The molecule has 18 heavy (non-hydrogen) atoms. The summed E-state index contributed by atoms with van der Waals surface area (Å²) in [4.78, 5) is 17.8. The molecule has 98 valence electrons. The first kappa shape index (κ1) is 12.8. The molecule has 1 saturated heterocycles. The Morgan fingerprint density at radius 2 is 2.22 bits per heavy atom. The van der Waals surface area contributed by atoms with Gasteiger partial charge in [-0.05, 0) is 25.0 Å². The predicted molar refractivity (Wildman–Crippen MR) is 71.5 cm³/mol. The van der Waals surface area contributed by atoms with Crippen molar-refractivity contribution in [1.29, 1.82) is 0 Å². The maximum atomic E-state index is 11.1. The van der Waals surface area contributed by atoms with Crippen LogP contribution in [0.25, 0.3) is 0 Å². The smallest absolute Gasteiger partial charge is 0.233 e. The summed E-state index contributed by atoms with van der Waals surface area (Å²) in [6, 6.07) is 6.42. The zero-order chi connectivity index (χ0) is 12.8. The molecule has 0 spiro atoms. The van der Waals surface area contributed by atoms with E-state index in [0.717, 1.165) is 31.7 Å². The van der Waals surface area contributed by atoms with E-state index in [4.69, 9.17) is 0 Å². The molecule has 1 aromatic rings. The van der Waals surface area contributed by atoms with Crippen LogP contribution in [-0.4, -0.2) is 43.6 Å². The van der Waals surface area contributed by atoms with Gasteiger partial charge in [0.2, 0.25) is 5.91 Å². The third kappa shape index (κ3) is 3.43. The lowest BCUT2D eigenvalue weighted by Crippen LogP contribution is -2.45. The van der Waals surface area contributed by atoms with Crippen molar-refractivity contribution in [3.8, 4) is 0 Å². The Kier molecular flexibility index (Phi) is 4.52. The largest absolute Gasteiger partial charge is 0.358 e. The van der Waals surface area contributed by atoms with Crippen LogP contribution in [0.15, 0.2) is 24.4 Å². The van der Waals surface area contributed by atoms with Crippen molar-refractivity contribution in [2.24, 2.45) is 0 Å². The van der Waals surface area contributed by atoms with E-state index in [9.17, 15) is 4.79 Å². The molecule has 0 saturated carbocycles. The third-order valence-electron chi connectivity index (χ3n) is 3.30. The van der Waals surface area contributed by atoms with Crippen molar-refractivity contribution in [3.05, 3.63) is 24.4 Å². The summed E-state index contributed by atoms with van der Waals surface area (Å²) >= 11 is 0. The molecule has 0 bridgehead atoms. The van der Waals surface area contributed by atoms with Gasteiger partial charge in [0.05, 0.1) is 6.54 Å². The Morgan fingerprint density at radius 1 is 1.44 bits per heavy atom. The summed E-state index contributed by atoms with van der Waals surface area (Å²) in [5, 5.41) is 5.90. The number of piperidine rings is 1. The minimum atomic E-state index is 0.0437. The molecule has 1 fully saturated rings. The summed E-state index contributed by atoms with van der Waals surface area (Å²) < 4.78 is 0. The van der Waals surface area contributed by atoms with Gasteiger partial charge >= 0.3 is 0 Å². The molecule has 2 heterocycles. The van der Waals surface area contributed by atoms with Gasteiger partial charge in [-0.2, -0.15) is 0 Å². The van der Waals surface area contributed by atoms with E-state index in [1.54, 1.807) is 7.05 Å². The highest BCUT2D eigenvalue weighted by atomic mass is 16.1. The molecule has 1 aromatic heterocycles. The number of hydrogen-bond acceptors (Lipinski definition) is 4. The molecule has 1 aliphatic heterocycles. The lowest BCUT2D eigenvalue weighted by Gasteiger charge is -2.33. The first-order chi connectivity index (χ1) is 8.79. The number of amides is 1. The van der Waals surface area contributed by atoms with E-state index in [0.29, 0.717) is 12.6 Å². The molecule has 0 radical (unpaired) electrons. The number of aromatic nitrogens is 1. The molecular formula is C13H20N4O. The minimum Gasteiger partial charge on any atom is -0.358 e. The number of likely N-dealkylation sites (N-methyl/N-ethyl adjacent to an activating group) is 1. The molecule has 1 aliphatic rings. The fraction of sp³-hybridized carbons (Fsp3) is 0.538. The van der Waals surface area contributed by atoms with Crippen LogP contribution in [0.2, 0.25) is 0 Å². The number of carbonyl (C=O) groups excluding carboxylic acids is 1. The molecule has 0 atom stereocenters. The molecule has 0 aliphatic carbocycles. The van der Waals surface area contributed by atoms with E-state index in [1.807, 2.05) is 24.4 Å². The second-order valence-electron chi connectivity index (χ2n) is 4.50. The van der Waals surface area contributed by atoms with E-state index < -0.39 is 0 Å². The highest BCUT2D eigenvalue weighted by Crippen LogP contribution is 2.16. The number of hydrogen-bond donors (Lipinski definition) is 2. The molecule has 2 N–H and O–H groups in total. The van der Waals surface area contributed by atoms with Crippen molar-refractivity contribution in [1.82, 2.24) is 15.6 Å². The van der Waals surface area contributed by atoms with Crippen LogP contribution >= 0.6 is 0 Å². The van der Waals surface area contributed by atoms with Gasteiger partial charge < -0.3 is 15.5 Å². The van der Waals surface area contributed by atoms with Gasteiger partial charge in [0.25, 0.3) is 0 Å². The summed E-state index contributed by atoms with van der Waals surface area (Å²) in [7, 11) is 1.66. The van der Waals surface area contributed by atoms with Gasteiger partial charge in [-0.1, -0.05) is 6.07 Å². The lowest BCUT2D eigenvalue weighted by atomic mass is 10.1. The Morgan fingerprint density at radius 3 is 2.83 bits per heavy atom. The zero-order valence-corrected chi connectivity index (χ0v) is 10.7. The van der Waals surface area contributed by atoms with E-state index in [1.165, 1.54) is 0 Å². The summed E-state index contributed by atoms with van der Waals surface area (Å²) in [6.07, 6.45) is 3.92. The maximum absolute atomic E-state index is 11.1. The topological polar surface area (TPSA) is 57.3 Å². The van der Waals surface area contributed by atoms with E-state index in [-0.39, 0.29) is 5.91 Å². The third-order valence-corrected chi connectivity index (χ3v) is 3.30.